The molecule has 0 bridgehead atoms. The van der Waals surface area contributed by atoms with Gasteiger partial charge >= 0.3 is 5.97 Å². The van der Waals surface area contributed by atoms with E-state index in [9.17, 15) is 9.59 Å². The number of halogens is 2. The minimum atomic E-state index is -0.318. The van der Waals surface area contributed by atoms with Gasteiger partial charge in [0.2, 0.25) is 5.91 Å². The summed E-state index contributed by atoms with van der Waals surface area (Å²) in [6, 6.07) is 5.03. The van der Waals surface area contributed by atoms with Crippen LogP contribution in [0, 0.1) is 0 Å². The van der Waals surface area contributed by atoms with E-state index in [1.807, 2.05) is 0 Å². The molecule has 0 radical (unpaired) electrons. The van der Waals surface area contributed by atoms with E-state index in [-0.39, 0.29) is 18.3 Å². The molecule has 0 saturated heterocycles. The molecule has 4 nitrogen and oxygen atoms in total. The van der Waals surface area contributed by atoms with Gasteiger partial charge in [0.15, 0.2) is 0 Å². The number of carbonyl (C=O) groups is 2. The normalized spacial score (nSPS) is 10.7. The van der Waals surface area contributed by atoms with E-state index < -0.39 is 0 Å². The molecule has 0 atom stereocenters. The molecule has 1 aromatic rings. The number of hydrogen-bond acceptors (Lipinski definition) is 3. The third-order valence-corrected chi connectivity index (χ3v) is 3.26. The lowest BCUT2D eigenvalue weighted by Gasteiger charge is -2.14. The number of ether oxygens (including phenoxy) is 1. The van der Waals surface area contributed by atoms with Crippen molar-refractivity contribution in [3.63, 3.8) is 0 Å². The van der Waals surface area contributed by atoms with Crippen molar-refractivity contribution in [3.8, 4) is 0 Å². The van der Waals surface area contributed by atoms with Gasteiger partial charge < -0.3 is 9.64 Å². The Morgan fingerprint density at radius 1 is 1.33 bits per heavy atom. The molecular weight excluding hydrogens is 313 g/mol. The van der Waals surface area contributed by atoms with Gasteiger partial charge in [-0.1, -0.05) is 29.3 Å². The van der Waals surface area contributed by atoms with Crippen molar-refractivity contribution in [1.29, 1.82) is 0 Å². The molecule has 0 aliphatic rings. The highest BCUT2D eigenvalue weighted by Gasteiger charge is 2.09. The van der Waals surface area contributed by atoms with Crippen LogP contribution < -0.4 is 0 Å². The molecule has 1 rings (SSSR count). The topological polar surface area (TPSA) is 46.6 Å². The van der Waals surface area contributed by atoms with Crippen LogP contribution in [-0.4, -0.2) is 37.0 Å². The standard InChI is InChI=1S/C15H17Cl2NO3/c1-3-21-15(20)8-9-18(2)14(19)7-5-11-4-6-12(16)10-13(11)17/h4-7,10H,3,8-9H2,1-2H3/b7-5+. The monoisotopic (exact) mass is 329 g/mol. The first-order chi connectivity index (χ1) is 9.93. The third kappa shape index (κ3) is 6.19. The smallest absolute Gasteiger partial charge is 0.307 e. The van der Waals surface area contributed by atoms with E-state index in [0.717, 1.165) is 0 Å². The van der Waals surface area contributed by atoms with Gasteiger partial charge in [-0.25, -0.2) is 0 Å². The summed E-state index contributed by atoms with van der Waals surface area (Å²) < 4.78 is 4.80. The molecule has 6 heteroatoms. The van der Waals surface area contributed by atoms with Crippen LogP contribution in [-0.2, 0) is 14.3 Å². The SMILES string of the molecule is CCOC(=O)CCN(C)C(=O)/C=C/c1ccc(Cl)cc1Cl. The van der Waals surface area contributed by atoms with Crippen LogP contribution in [0.5, 0.6) is 0 Å². The molecule has 0 N–H and O–H groups in total. The summed E-state index contributed by atoms with van der Waals surface area (Å²) in [6.45, 7) is 2.38. The average molecular weight is 330 g/mol. The van der Waals surface area contributed by atoms with E-state index in [1.165, 1.54) is 11.0 Å². The zero-order valence-corrected chi connectivity index (χ0v) is 13.4. The molecule has 0 aliphatic carbocycles. The Balaban J connectivity index is 2.55. The first-order valence-electron chi connectivity index (χ1n) is 6.48. The van der Waals surface area contributed by atoms with E-state index >= 15 is 0 Å². The molecule has 0 aromatic heterocycles. The van der Waals surface area contributed by atoms with E-state index in [4.69, 9.17) is 27.9 Å². The van der Waals surface area contributed by atoms with Gasteiger partial charge in [0.1, 0.15) is 0 Å². The van der Waals surface area contributed by atoms with Crippen LogP contribution >= 0.6 is 23.2 Å². The number of likely N-dealkylation sites (N-methyl/N-ethyl adjacent to an activating group) is 1. The average Bonchev–Trinajstić information content (AvgIpc) is 2.43. The summed E-state index contributed by atoms with van der Waals surface area (Å²) in [5.41, 5.74) is 0.702. The van der Waals surface area contributed by atoms with Gasteiger partial charge in [-0.05, 0) is 30.7 Å². The molecule has 0 saturated carbocycles. The fourth-order valence-electron chi connectivity index (χ4n) is 1.53. The quantitative estimate of drug-likeness (QED) is 0.593. The van der Waals surface area contributed by atoms with Crippen molar-refractivity contribution in [2.75, 3.05) is 20.2 Å². The molecule has 21 heavy (non-hydrogen) atoms. The predicted molar refractivity (Wildman–Crippen MR) is 84.4 cm³/mol. The van der Waals surface area contributed by atoms with Crippen LogP contribution in [0.15, 0.2) is 24.3 Å². The zero-order chi connectivity index (χ0) is 15.8. The fraction of sp³-hybridized carbons (Fsp3) is 0.333. The van der Waals surface area contributed by atoms with Gasteiger partial charge in [0, 0.05) is 29.7 Å². The van der Waals surface area contributed by atoms with Crippen LogP contribution in [0.3, 0.4) is 0 Å². The van der Waals surface area contributed by atoms with Crippen LogP contribution in [0.4, 0.5) is 0 Å². The second-order valence-corrected chi connectivity index (χ2v) is 5.16. The molecule has 1 amide bonds. The predicted octanol–water partition coefficient (Wildman–Crippen LogP) is 3.42. The maximum Gasteiger partial charge on any atom is 0.307 e. The number of carbonyl (C=O) groups excluding carboxylic acids is 2. The Bertz CT molecular complexity index is 544. The highest BCUT2D eigenvalue weighted by molar-refractivity contribution is 6.35. The summed E-state index contributed by atoms with van der Waals surface area (Å²) >= 11 is 11.8. The number of nitrogens with zero attached hydrogens (tertiary/aromatic N) is 1. The largest absolute Gasteiger partial charge is 0.466 e. The van der Waals surface area contributed by atoms with Crippen LogP contribution in [0.1, 0.15) is 18.9 Å². The van der Waals surface area contributed by atoms with Crippen molar-refractivity contribution in [1.82, 2.24) is 4.90 Å². The van der Waals surface area contributed by atoms with E-state index in [2.05, 4.69) is 0 Å². The number of hydrogen-bond donors (Lipinski definition) is 0. The molecule has 0 unspecified atom stereocenters. The van der Waals surface area contributed by atoms with Gasteiger partial charge in [0.25, 0.3) is 0 Å². The number of benzene rings is 1. The summed E-state index contributed by atoms with van der Waals surface area (Å²) in [4.78, 5) is 24.5. The lowest BCUT2D eigenvalue weighted by atomic mass is 10.2. The Labute approximate surface area is 134 Å². The number of amides is 1. The highest BCUT2D eigenvalue weighted by Crippen LogP contribution is 2.21. The molecule has 0 fully saturated rings. The minimum absolute atomic E-state index is 0.172. The molecule has 0 heterocycles. The van der Waals surface area contributed by atoms with Crippen molar-refractivity contribution >= 4 is 41.2 Å². The number of esters is 1. The van der Waals surface area contributed by atoms with Crippen molar-refractivity contribution in [3.05, 3.63) is 39.9 Å². The Morgan fingerprint density at radius 2 is 2.05 bits per heavy atom. The molecule has 114 valence electrons. The highest BCUT2D eigenvalue weighted by atomic mass is 35.5. The Hall–Kier alpha value is -1.52. The van der Waals surface area contributed by atoms with Gasteiger partial charge in [-0.3, -0.25) is 9.59 Å². The fourth-order valence-corrected chi connectivity index (χ4v) is 2.00. The first kappa shape index (κ1) is 17.5. The van der Waals surface area contributed by atoms with Crippen molar-refractivity contribution in [2.45, 2.75) is 13.3 Å². The number of rotatable bonds is 6. The van der Waals surface area contributed by atoms with E-state index in [1.54, 1.807) is 38.2 Å². The van der Waals surface area contributed by atoms with Crippen LogP contribution in [0.25, 0.3) is 6.08 Å². The maximum absolute atomic E-state index is 11.9. The van der Waals surface area contributed by atoms with Crippen molar-refractivity contribution < 1.29 is 14.3 Å². The molecule has 1 aromatic carbocycles. The summed E-state index contributed by atoms with van der Waals surface area (Å²) in [7, 11) is 1.62. The molecule has 0 spiro atoms. The maximum atomic E-state index is 11.9. The Kier molecular flexibility index (Phi) is 7.26. The molecular formula is C15H17Cl2NO3. The van der Waals surface area contributed by atoms with Gasteiger partial charge in [0.05, 0.1) is 13.0 Å². The van der Waals surface area contributed by atoms with Gasteiger partial charge in [-0.15, -0.1) is 0 Å². The molecule has 0 aliphatic heterocycles. The first-order valence-corrected chi connectivity index (χ1v) is 7.23. The Morgan fingerprint density at radius 3 is 2.67 bits per heavy atom. The lowest BCUT2D eigenvalue weighted by molar-refractivity contribution is -0.143. The van der Waals surface area contributed by atoms with Crippen molar-refractivity contribution in [2.24, 2.45) is 0 Å². The third-order valence-electron chi connectivity index (χ3n) is 2.70. The zero-order valence-electron chi connectivity index (χ0n) is 11.9. The lowest BCUT2D eigenvalue weighted by Crippen LogP contribution is -2.27. The summed E-state index contributed by atoms with van der Waals surface area (Å²) in [5, 5.41) is 1.01. The minimum Gasteiger partial charge on any atom is -0.466 e. The summed E-state index contributed by atoms with van der Waals surface area (Å²) in [6.07, 6.45) is 3.19. The second-order valence-electron chi connectivity index (χ2n) is 4.31. The van der Waals surface area contributed by atoms with Crippen LogP contribution in [0.2, 0.25) is 10.0 Å². The van der Waals surface area contributed by atoms with E-state index in [0.29, 0.717) is 28.8 Å². The second kappa shape index (κ2) is 8.70. The van der Waals surface area contributed by atoms with Gasteiger partial charge in [-0.2, -0.15) is 0 Å². The summed E-state index contributed by atoms with van der Waals surface area (Å²) in [5.74, 6) is -0.535.